The van der Waals surface area contributed by atoms with E-state index < -0.39 is 0 Å². The Kier molecular flexibility index (Phi) is 5.12. The highest BCUT2D eigenvalue weighted by molar-refractivity contribution is 6.32. The second kappa shape index (κ2) is 6.85. The van der Waals surface area contributed by atoms with Gasteiger partial charge in [-0.05, 0) is 38.5 Å². The van der Waals surface area contributed by atoms with Gasteiger partial charge in [-0.2, -0.15) is 5.10 Å². The Morgan fingerprint density at radius 1 is 1.38 bits per heavy atom. The molecule has 4 nitrogen and oxygen atoms in total. The Bertz CT molecular complexity index is 608. The van der Waals surface area contributed by atoms with E-state index in [1.807, 2.05) is 50.0 Å². The summed E-state index contributed by atoms with van der Waals surface area (Å²) in [7, 11) is 1.94. The average molecular weight is 308 g/mol. The molecule has 0 aliphatic rings. The predicted octanol–water partition coefficient (Wildman–Crippen LogP) is 4.04. The summed E-state index contributed by atoms with van der Waals surface area (Å²) in [5.74, 6) is 0.716. The average Bonchev–Trinajstić information content (AvgIpc) is 2.79. The van der Waals surface area contributed by atoms with Gasteiger partial charge in [-0.15, -0.1) is 0 Å². The van der Waals surface area contributed by atoms with Gasteiger partial charge in [0.25, 0.3) is 0 Å². The van der Waals surface area contributed by atoms with Crippen LogP contribution in [0.3, 0.4) is 0 Å². The van der Waals surface area contributed by atoms with Crippen LogP contribution in [0.25, 0.3) is 0 Å². The van der Waals surface area contributed by atoms with Crippen molar-refractivity contribution in [2.45, 2.75) is 39.8 Å². The van der Waals surface area contributed by atoms with Crippen LogP contribution in [0.15, 0.2) is 24.4 Å². The number of aryl methyl sites for hydroxylation is 2. The number of benzene rings is 1. The third-order valence-corrected chi connectivity index (χ3v) is 3.40. The van der Waals surface area contributed by atoms with Crippen molar-refractivity contribution in [1.82, 2.24) is 9.78 Å². The molecule has 0 amide bonds. The van der Waals surface area contributed by atoms with Gasteiger partial charge in [-0.25, -0.2) is 0 Å². The number of ether oxygens (including phenoxy) is 1. The highest BCUT2D eigenvalue weighted by Crippen LogP contribution is 2.28. The van der Waals surface area contributed by atoms with Crippen molar-refractivity contribution in [3.63, 3.8) is 0 Å². The number of nitrogens with zero attached hydrogens (tertiary/aromatic N) is 2. The molecular formula is C16H22ClN3O. The van der Waals surface area contributed by atoms with Gasteiger partial charge in [0, 0.05) is 31.0 Å². The first kappa shape index (κ1) is 15.7. The Balaban J connectivity index is 2.05. The monoisotopic (exact) mass is 307 g/mol. The first-order valence-electron chi connectivity index (χ1n) is 7.21. The van der Waals surface area contributed by atoms with Gasteiger partial charge in [0.05, 0.1) is 16.8 Å². The number of hydrogen-bond donors (Lipinski definition) is 1. The quantitative estimate of drug-likeness (QED) is 0.875. The summed E-state index contributed by atoms with van der Waals surface area (Å²) in [5.41, 5.74) is 3.30. The van der Waals surface area contributed by atoms with Crippen LogP contribution in [0.5, 0.6) is 5.75 Å². The standard InChI is InChI=1S/C16H22ClN3O/c1-5-15-12(10-20(4)19-15)9-18-13-6-7-16(14(17)8-13)21-11(2)3/h6-8,10-11,18H,5,9H2,1-4H3. The van der Waals surface area contributed by atoms with Gasteiger partial charge in [0.15, 0.2) is 0 Å². The van der Waals surface area contributed by atoms with E-state index in [9.17, 15) is 0 Å². The van der Waals surface area contributed by atoms with Gasteiger partial charge in [0.2, 0.25) is 0 Å². The topological polar surface area (TPSA) is 39.1 Å². The predicted molar refractivity (Wildman–Crippen MR) is 87.1 cm³/mol. The maximum absolute atomic E-state index is 6.24. The number of rotatable bonds is 6. The van der Waals surface area contributed by atoms with Crippen LogP contribution in [0, 0.1) is 0 Å². The maximum Gasteiger partial charge on any atom is 0.138 e. The lowest BCUT2D eigenvalue weighted by molar-refractivity contribution is 0.242. The van der Waals surface area contributed by atoms with E-state index in [-0.39, 0.29) is 6.10 Å². The van der Waals surface area contributed by atoms with Crippen molar-refractivity contribution in [3.05, 3.63) is 40.7 Å². The van der Waals surface area contributed by atoms with Gasteiger partial charge in [-0.1, -0.05) is 18.5 Å². The minimum Gasteiger partial charge on any atom is -0.489 e. The zero-order valence-corrected chi connectivity index (χ0v) is 13.7. The molecule has 0 unspecified atom stereocenters. The minimum atomic E-state index is 0.115. The van der Waals surface area contributed by atoms with Crippen LogP contribution in [-0.2, 0) is 20.0 Å². The molecular weight excluding hydrogens is 286 g/mol. The van der Waals surface area contributed by atoms with E-state index in [0.29, 0.717) is 10.8 Å². The molecule has 0 saturated heterocycles. The fourth-order valence-corrected chi connectivity index (χ4v) is 2.41. The van der Waals surface area contributed by atoms with Crippen molar-refractivity contribution in [3.8, 4) is 5.75 Å². The number of hydrogen-bond acceptors (Lipinski definition) is 3. The lowest BCUT2D eigenvalue weighted by Crippen LogP contribution is -2.06. The summed E-state index contributed by atoms with van der Waals surface area (Å²) >= 11 is 6.24. The van der Waals surface area contributed by atoms with E-state index in [0.717, 1.165) is 24.3 Å². The molecule has 0 atom stereocenters. The smallest absolute Gasteiger partial charge is 0.138 e. The molecule has 1 aromatic heterocycles. The highest BCUT2D eigenvalue weighted by atomic mass is 35.5. The van der Waals surface area contributed by atoms with Crippen LogP contribution in [0.4, 0.5) is 5.69 Å². The molecule has 0 aliphatic carbocycles. The van der Waals surface area contributed by atoms with Crippen molar-refractivity contribution in [2.75, 3.05) is 5.32 Å². The summed E-state index contributed by atoms with van der Waals surface area (Å²) < 4.78 is 7.48. The van der Waals surface area contributed by atoms with E-state index in [1.165, 1.54) is 5.56 Å². The van der Waals surface area contributed by atoms with Crippen LogP contribution >= 0.6 is 11.6 Å². The fourth-order valence-electron chi connectivity index (χ4n) is 2.19. The number of halogens is 1. The van der Waals surface area contributed by atoms with E-state index in [1.54, 1.807) is 0 Å². The SMILES string of the molecule is CCc1nn(C)cc1CNc1ccc(OC(C)C)c(Cl)c1. The second-order valence-corrected chi connectivity index (χ2v) is 5.70. The first-order valence-corrected chi connectivity index (χ1v) is 7.58. The molecule has 0 bridgehead atoms. The fraction of sp³-hybridized carbons (Fsp3) is 0.438. The van der Waals surface area contributed by atoms with Gasteiger partial charge >= 0.3 is 0 Å². The van der Waals surface area contributed by atoms with Gasteiger partial charge in [-0.3, -0.25) is 4.68 Å². The lowest BCUT2D eigenvalue weighted by Gasteiger charge is -2.13. The molecule has 0 radical (unpaired) electrons. The van der Waals surface area contributed by atoms with Crippen molar-refractivity contribution in [1.29, 1.82) is 0 Å². The summed E-state index contributed by atoms with van der Waals surface area (Å²) in [6.07, 6.45) is 3.09. The lowest BCUT2D eigenvalue weighted by atomic mass is 10.2. The molecule has 0 aliphatic heterocycles. The Morgan fingerprint density at radius 3 is 2.76 bits per heavy atom. The van der Waals surface area contributed by atoms with E-state index >= 15 is 0 Å². The Labute approximate surface area is 131 Å². The number of anilines is 1. The number of aromatic nitrogens is 2. The van der Waals surface area contributed by atoms with Crippen LogP contribution in [-0.4, -0.2) is 15.9 Å². The molecule has 0 fully saturated rings. The van der Waals surface area contributed by atoms with Gasteiger partial charge in [0.1, 0.15) is 5.75 Å². The molecule has 1 heterocycles. The van der Waals surface area contributed by atoms with Crippen LogP contribution in [0.2, 0.25) is 5.02 Å². The van der Waals surface area contributed by atoms with Crippen molar-refractivity contribution < 1.29 is 4.74 Å². The molecule has 0 spiro atoms. The van der Waals surface area contributed by atoms with Crippen LogP contribution < -0.4 is 10.1 Å². The summed E-state index contributed by atoms with van der Waals surface area (Å²) in [6, 6.07) is 5.77. The zero-order valence-electron chi connectivity index (χ0n) is 13.0. The molecule has 114 valence electrons. The molecule has 0 saturated carbocycles. The van der Waals surface area contributed by atoms with Crippen molar-refractivity contribution in [2.24, 2.45) is 7.05 Å². The first-order chi connectivity index (χ1) is 9.99. The molecule has 2 aromatic rings. The van der Waals surface area contributed by atoms with Crippen molar-refractivity contribution >= 4 is 17.3 Å². The largest absolute Gasteiger partial charge is 0.489 e. The summed E-state index contributed by atoms with van der Waals surface area (Å²) in [6.45, 7) is 6.81. The second-order valence-electron chi connectivity index (χ2n) is 5.29. The highest BCUT2D eigenvalue weighted by Gasteiger charge is 2.07. The van der Waals surface area contributed by atoms with E-state index in [4.69, 9.17) is 16.3 Å². The third kappa shape index (κ3) is 4.14. The zero-order chi connectivity index (χ0) is 15.4. The van der Waals surface area contributed by atoms with Gasteiger partial charge < -0.3 is 10.1 Å². The number of nitrogens with one attached hydrogen (secondary N) is 1. The van der Waals surface area contributed by atoms with E-state index in [2.05, 4.69) is 17.3 Å². The molecule has 1 N–H and O–H groups in total. The molecule has 21 heavy (non-hydrogen) atoms. The minimum absolute atomic E-state index is 0.115. The Morgan fingerprint density at radius 2 is 2.14 bits per heavy atom. The normalized spacial score (nSPS) is 11.0. The molecule has 2 rings (SSSR count). The molecule has 5 heteroatoms. The third-order valence-electron chi connectivity index (χ3n) is 3.10. The summed E-state index contributed by atoms with van der Waals surface area (Å²) in [4.78, 5) is 0. The molecule has 1 aromatic carbocycles. The Hall–Kier alpha value is -1.68. The summed E-state index contributed by atoms with van der Waals surface area (Å²) in [5, 5.41) is 8.43. The maximum atomic E-state index is 6.24. The van der Waals surface area contributed by atoms with Crippen LogP contribution in [0.1, 0.15) is 32.0 Å².